The van der Waals surface area contributed by atoms with Crippen LogP contribution >= 0.6 is 0 Å². The van der Waals surface area contributed by atoms with Gasteiger partial charge in [0.2, 0.25) is 0 Å². The van der Waals surface area contributed by atoms with E-state index >= 15 is 0 Å². The summed E-state index contributed by atoms with van der Waals surface area (Å²) in [7, 11) is 0. The molecule has 0 saturated carbocycles. The van der Waals surface area contributed by atoms with Gasteiger partial charge in [0.1, 0.15) is 0 Å². The van der Waals surface area contributed by atoms with Crippen LogP contribution in [0.2, 0.25) is 0 Å². The van der Waals surface area contributed by atoms with Gasteiger partial charge in [-0.2, -0.15) is 13.2 Å². The van der Waals surface area contributed by atoms with E-state index in [1.54, 1.807) is 0 Å². The highest BCUT2D eigenvalue weighted by Crippen LogP contribution is 2.35. The first-order valence-corrected chi connectivity index (χ1v) is 7.60. The summed E-state index contributed by atoms with van der Waals surface area (Å²) >= 11 is 0. The van der Waals surface area contributed by atoms with Crippen molar-refractivity contribution in [3.63, 3.8) is 0 Å². The van der Waals surface area contributed by atoms with Gasteiger partial charge in [0, 0.05) is 18.6 Å². The molecule has 116 valence electrons. The maximum atomic E-state index is 12.9. The molecule has 3 unspecified atom stereocenters. The monoisotopic (exact) mass is 298 g/mol. The van der Waals surface area contributed by atoms with Gasteiger partial charge in [0.05, 0.1) is 5.56 Å². The summed E-state index contributed by atoms with van der Waals surface area (Å²) < 4.78 is 38.6. The summed E-state index contributed by atoms with van der Waals surface area (Å²) in [5.74, 6) is 0.645. The highest BCUT2D eigenvalue weighted by Gasteiger charge is 2.38. The Labute approximate surface area is 123 Å². The minimum Gasteiger partial charge on any atom is -0.315 e. The molecular formula is C16H21F3N2. The topological polar surface area (TPSA) is 15.3 Å². The Hall–Kier alpha value is -1.07. The Morgan fingerprint density at radius 2 is 2.10 bits per heavy atom. The van der Waals surface area contributed by atoms with Gasteiger partial charge in [-0.3, -0.25) is 4.90 Å². The number of rotatable bonds is 2. The second kappa shape index (κ2) is 5.61. The predicted octanol–water partition coefficient (Wildman–Crippen LogP) is 3.45. The van der Waals surface area contributed by atoms with Crippen LogP contribution < -0.4 is 5.32 Å². The van der Waals surface area contributed by atoms with Gasteiger partial charge in [0.25, 0.3) is 0 Å². The molecule has 5 heteroatoms. The van der Waals surface area contributed by atoms with Crippen LogP contribution in [-0.4, -0.2) is 30.6 Å². The summed E-state index contributed by atoms with van der Waals surface area (Å²) in [4.78, 5) is 2.38. The molecule has 0 bridgehead atoms. The third-order valence-corrected chi connectivity index (χ3v) is 4.92. The zero-order chi connectivity index (χ0) is 15.0. The van der Waals surface area contributed by atoms with E-state index in [4.69, 9.17) is 0 Å². The smallest absolute Gasteiger partial charge is 0.315 e. The quantitative estimate of drug-likeness (QED) is 0.899. The Morgan fingerprint density at radius 1 is 1.29 bits per heavy atom. The highest BCUT2D eigenvalue weighted by molar-refractivity contribution is 5.28. The van der Waals surface area contributed by atoms with Crippen LogP contribution in [-0.2, 0) is 6.18 Å². The van der Waals surface area contributed by atoms with E-state index < -0.39 is 11.7 Å². The number of alkyl halides is 3. The number of hydrogen-bond donors (Lipinski definition) is 1. The average Bonchev–Trinajstić information content (AvgIpc) is 2.94. The predicted molar refractivity (Wildman–Crippen MR) is 75.9 cm³/mol. The molecule has 0 spiro atoms. The van der Waals surface area contributed by atoms with E-state index in [0.717, 1.165) is 37.7 Å². The van der Waals surface area contributed by atoms with E-state index in [-0.39, 0.29) is 6.04 Å². The number of hydrogen-bond acceptors (Lipinski definition) is 2. The molecule has 3 atom stereocenters. The van der Waals surface area contributed by atoms with Crippen LogP contribution in [0.3, 0.4) is 0 Å². The molecule has 0 aromatic heterocycles. The summed E-state index contributed by atoms with van der Waals surface area (Å²) in [6, 6.07) is 6.26. The molecule has 2 heterocycles. The first-order valence-electron chi connectivity index (χ1n) is 7.60. The molecule has 2 fully saturated rings. The molecule has 2 aliphatic heterocycles. The van der Waals surface area contributed by atoms with Gasteiger partial charge in [-0.15, -0.1) is 0 Å². The maximum Gasteiger partial charge on any atom is 0.416 e. The molecule has 2 nitrogen and oxygen atoms in total. The fourth-order valence-electron chi connectivity index (χ4n) is 3.75. The Morgan fingerprint density at radius 3 is 2.86 bits per heavy atom. The Bertz CT molecular complexity index is 501. The van der Waals surface area contributed by atoms with Crippen molar-refractivity contribution in [3.05, 3.63) is 35.4 Å². The largest absolute Gasteiger partial charge is 0.416 e. The van der Waals surface area contributed by atoms with Crippen molar-refractivity contribution in [2.45, 2.75) is 38.0 Å². The van der Waals surface area contributed by atoms with Crippen LogP contribution in [0, 0.1) is 5.92 Å². The van der Waals surface area contributed by atoms with Crippen molar-refractivity contribution < 1.29 is 13.2 Å². The minimum absolute atomic E-state index is 0.0278. The fraction of sp³-hybridized carbons (Fsp3) is 0.625. The third-order valence-electron chi connectivity index (χ3n) is 4.92. The number of benzene rings is 1. The standard InChI is InChI=1S/C16H21F3N2/c1-11(12-4-2-6-14(8-12)16(17,18)19)21-7-3-5-13-9-20-10-15(13)21/h2,4,6,8,11,13,15,20H,3,5,7,9-10H2,1H3. The highest BCUT2D eigenvalue weighted by atomic mass is 19.4. The molecular weight excluding hydrogens is 277 g/mol. The van der Waals surface area contributed by atoms with Crippen molar-refractivity contribution >= 4 is 0 Å². The van der Waals surface area contributed by atoms with Gasteiger partial charge >= 0.3 is 6.18 Å². The lowest BCUT2D eigenvalue weighted by molar-refractivity contribution is -0.137. The van der Waals surface area contributed by atoms with E-state index in [1.807, 2.05) is 13.0 Å². The van der Waals surface area contributed by atoms with E-state index in [0.29, 0.717) is 12.0 Å². The second-order valence-electron chi connectivity index (χ2n) is 6.16. The lowest BCUT2D eigenvalue weighted by Gasteiger charge is -2.41. The summed E-state index contributed by atoms with van der Waals surface area (Å²) in [5.41, 5.74) is 0.210. The molecule has 0 amide bonds. The number of nitrogens with one attached hydrogen (secondary N) is 1. The van der Waals surface area contributed by atoms with Crippen LogP contribution in [0.15, 0.2) is 24.3 Å². The first-order chi connectivity index (χ1) is 9.97. The molecule has 1 N–H and O–H groups in total. The van der Waals surface area contributed by atoms with Crippen molar-refractivity contribution in [2.24, 2.45) is 5.92 Å². The number of halogens is 3. The number of nitrogens with zero attached hydrogens (tertiary/aromatic N) is 1. The molecule has 2 aliphatic rings. The minimum atomic E-state index is -4.27. The number of likely N-dealkylation sites (tertiary alicyclic amines) is 1. The fourth-order valence-corrected chi connectivity index (χ4v) is 3.75. The SMILES string of the molecule is CC(c1cccc(C(F)(F)F)c1)N1CCCC2CNCC21. The van der Waals surface area contributed by atoms with E-state index in [9.17, 15) is 13.2 Å². The first kappa shape index (κ1) is 14.9. The van der Waals surface area contributed by atoms with Crippen LogP contribution in [0.4, 0.5) is 13.2 Å². The van der Waals surface area contributed by atoms with Crippen molar-refractivity contribution in [1.29, 1.82) is 0 Å². The van der Waals surface area contributed by atoms with Crippen LogP contribution in [0.5, 0.6) is 0 Å². The van der Waals surface area contributed by atoms with Gasteiger partial charge in [-0.05, 0) is 56.5 Å². The Balaban J connectivity index is 1.83. The van der Waals surface area contributed by atoms with E-state index in [2.05, 4.69) is 10.2 Å². The van der Waals surface area contributed by atoms with Crippen LogP contribution in [0.1, 0.15) is 36.9 Å². The molecule has 21 heavy (non-hydrogen) atoms. The van der Waals surface area contributed by atoms with Crippen molar-refractivity contribution in [2.75, 3.05) is 19.6 Å². The van der Waals surface area contributed by atoms with Gasteiger partial charge in [-0.1, -0.05) is 12.1 Å². The molecule has 0 aliphatic carbocycles. The van der Waals surface area contributed by atoms with Crippen molar-refractivity contribution in [1.82, 2.24) is 10.2 Å². The molecule has 1 aromatic carbocycles. The summed E-state index contributed by atoms with van der Waals surface area (Å²) in [6.07, 6.45) is -1.91. The van der Waals surface area contributed by atoms with Gasteiger partial charge in [0.15, 0.2) is 0 Å². The zero-order valence-corrected chi connectivity index (χ0v) is 12.2. The van der Waals surface area contributed by atoms with Gasteiger partial charge < -0.3 is 5.32 Å². The second-order valence-corrected chi connectivity index (χ2v) is 6.16. The molecule has 3 rings (SSSR count). The average molecular weight is 298 g/mol. The zero-order valence-electron chi connectivity index (χ0n) is 12.2. The molecule has 1 aromatic rings. The normalized spacial score (nSPS) is 28.4. The molecule has 0 radical (unpaired) electrons. The maximum absolute atomic E-state index is 12.9. The van der Waals surface area contributed by atoms with Crippen molar-refractivity contribution in [3.8, 4) is 0 Å². The van der Waals surface area contributed by atoms with Gasteiger partial charge in [-0.25, -0.2) is 0 Å². The summed E-state index contributed by atoms with van der Waals surface area (Å²) in [6.45, 7) is 4.99. The summed E-state index contributed by atoms with van der Waals surface area (Å²) in [5, 5.41) is 3.41. The number of piperidine rings is 1. The lowest BCUT2D eigenvalue weighted by Crippen LogP contribution is -2.46. The number of fused-ring (bicyclic) bond motifs is 1. The molecule has 2 saturated heterocycles. The third kappa shape index (κ3) is 2.94. The Kier molecular flexibility index (Phi) is 3.97. The lowest BCUT2D eigenvalue weighted by atomic mass is 9.89. The van der Waals surface area contributed by atoms with E-state index in [1.165, 1.54) is 18.6 Å². The van der Waals surface area contributed by atoms with Crippen LogP contribution in [0.25, 0.3) is 0 Å².